The topological polar surface area (TPSA) is 72.9 Å². The van der Waals surface area contributed by atoms with Crippen LogP contribution in [0.1, 0.15) is 27.2 Å². The third-order valence-corrected chi connectivity index (χ3v) is 3.54. The Morgan fingerprint density at radius 1 is 1.40 bits per heavy atom. The second kappa shape index (κ2) is 7.04. The molecule has 0 spiro atoms. The number of carbonyl (C=O) groups is 2. The molecule has 1 rings (SSSR count). The van der Waals surface area contributed by atoms with Crippen LogP contribution in [0, 0.1) is 5.92 Å². The number of amides is 2. The largest absolute Gasteiger partial charge is 0.391 e. The predicted octanol–water partition coefficient (Wildman–Crippen LogP) is -0.329. The summed E-state index contributed by atoms with van der Waals surface area (Å²) in [6.45, 7) is 6.30. The highest BCUT2D eigenvalue weighted by molar-refractivity contribution is 5.87. The smallest absolute Gasteiger partial charge is 0.245 e. The molecular formula is C14H27N3O3. The zero-order valence-corrected chi connectivity index (χ0v) is 13.1. The number of nitrogens with one attached hydrogen (secondary N) is 1. The van der Waals surface area contributed by atoms with Crippen molar-refractivity contribution >= 4 is 11.8 Å². The first-order chi connectivity index (χ1) is 9.22. The van der Waals surface area contributed by atoms with E-state index in [-0.39, 0.29) is 23.8 Å². The quantitative estimate of drug-likeness (QED) is 0.725. The van der Waals surface area contributed by atoms with Crippen molar-refractivity contribution < 1.29 is 14.7 Å². The molecule has 2 amide bonds. The van der Waals surface area contributed by atoms with Crippen molar-refractivity contribution in [1.29, 1.82) is 0 Å². The lowest BCUT2D eigenvalue weighted by Crippen LogP contribution is -2.53. The average molecular weight is 285 g/mol. The van der Waals surface area contributed by atoms with E-state index in [0.29, 0.717) is 19.5 Å². The van der Waals surface area contributed by atoms with Gasteiger partial charge in [0.15, 0.2) is 0 Å². The number of hydrogen-bond donors (Lipinski definition) is 2. The van der Waals surface area contributed by atoms with Crippen molar-refractivity contribution in [3.05, 3.63) is 0 Å². The van der Waals surface area contributed by atoms with Gasteiger partial charge in [0.05, 0.1) is 6.10 Å². The molecule has 3 atom stereocenters. The van der Waals surface area contributed by atoms with Gasteiger partial charge in [-0.3, -0.25) is 9.59 Å². The minimum atomic E-state index is -0.525. The summed E-state index contributed by atoms with van der Waals surface area (Å²) in [5, 5.41) is 12.6. The SMILES string of the molecule is CC(=O)NC(C(=O)N1CC(O)CC1CN(C)C)C(C)C. The molecule has 1 aliphatic heterocycles. The zero-order chi connectivity index (χ0) is 15.4. The Labute approximate surface area is 121 Å². The second-order valence-corrected chi connectivity index (χ2v) is 6.22. The number of likely N-dealkylation sites (tertiary alicyclic amines) is 1. The summed E-state index contributed by atoms with van der Waals surface area (Å²) in [6, 6.07) is -0.523. The van der Waals surface area contributed by atoms with Gasteiger partial charge >= 0.3 is 0 Å². The molecule has 116 valence electrons. The van der Waals surface area contributed by atoms with Gasteiger partial charge in [-0.1, -0.05) is 13.8 Å². The van der Waals surface area contributed by atoms with Gasteiger partial charge in [0.1, 0.15) is 6.04 Å². The summed E-state index contributed by atoms with van der Waals surface area (Å²) in [5.41, 5.74) is 0. The van der Waals surface area contributed by atoms with Crippen LogP contribution in [0.5, 0.6) is 0 Å². The van der Waals surface area contributed by atoms with Crippen LogP contribution in [-0.4, -0.2) is 72.1 Å². The summed E-state index contributed by atoms with van der Waals surface area (Å²) in [6.07, 6.45) is 0.114. The maximum absolute atomic E-state index is 12.6. The summed E-state index contributed by atoms with van der Waals surface area (Å²) in [4.78, 5) is 27.6. The lowest BCUT2D eigenvalue weighted by molar-refractivity contribution is -0.138. The molecule has 1 aliphatic rings. The Kier molecular flexibility index (Phi) is 5.95. The molecule has 6 heteroatoms. The predicted molar refractivity (Wildman–Crippen MR) is 77.1 cm³/mol. The molecule has 2 N–H and O–H groups in total. The number of β-amino-alcohol motifs (C(OH)–C–C–N with tert-alkyl or cyclic N) is 1. The Bertz CT molecular complexity index is 358. The Morgan fingerprint density at radius 2 is 2.00 bits per heavy atom. The van der Waals surface area contributed by atoms with Gasteiger partial charge in [-0.15, -0.1) is 0 Å². The van der Waals surface area contributed by atoms with Gasteiger partial charge in [-0.05, 0) is 26.4 Å². The van der Waals surface area contributed by atoms with E-state index in [1.54, 1.807) is 4.90 Å². The molecule has 0 aliphatic carbocycles. The van der Waals surface area contributed by atoms with Crippen molar-refractivity contribution in [2.75, 3.05) is 27.2 Å². The van der Waals surface area contributed by atoms with E-state index >= 15 is 0 Å². The lowest BCUT2D eigenvalue weighted by atomic mass is 10.0. The van der Waals surface area contributed by atoms with Crippen molar-refractivity contribution in [2.45, 2.75) is 45.4 Å². The average Bonchev–Trinajstić information content (AvgIpc) is 2.64. The highest BCUT2D eigenvalue weighted by atomic mass is 16.3. The van der Waals surface area contributed by atoms with E-state index in [9.17, 15) is 14.7 Å². The van der Waals surface area contributed by atoms with Gasteiger partial charge in [-0.2, -0.15) is 0 Å². The number of carbonyl (C=O) groups excluding carboxylic acids is 2. The zero-order valence-electron chi connectivity index (χ0n) is 13.1. The lowest BCUT2D eigenvalue weighted by Gasteiger charge is -2.31. The van der Waals surface area contributed by atoms with Gasteiger partial charge in [-0.25, -0.2) is 0 Å². The third kappa shape index (κ3) is 4.45. The fraction of sp³-hybridized carbons (Fsp3) is 0.857. The summed E-state index contributed by atoms with van der Waals surface area (Å²) in [7, 11) is 3.89. The standard InChI is InChI=1S/C14H27N3O3/c1-9(2)13(15-10(3)18)14(20)17-8-12(19)6-11(17)7-16(4)5/h9,11-13,19H,6-8H2,1-5H3,(H,15,18). The first-order valence-corrected chi connectivity index (χ1v) is 7.12. The van der Waals surface area contributed by atoms with Crippen molar-refractivity contribution in [1.82, 2.24) is 15.1 Å². The normalized spacial score (nSPS) is 24.3. The molecule has 1 heterocycles. The first-order valence-electron chi connectivity index (χ1n) is 7.12. The maximum atomic E-state index is 12.6. The van der Waals surface area contributed by atoms with Crippen LogP contribution in [0.3, 0.4) is 0 Å². The fourth-order valence-electron chi connectivity index (χ4n) is 2.67. The molecular weight excluding hydrogens is 258 g/mol. The van der Waals surface area contributed by atoms with Gasteiger partial charge in [0.25, 0.3) is 0 Å². The van der Waals surface area contributed by atoms with Gasteiger partial charge in [0, 0.05) is 26.1 Å². The minimum Gasteiger partial charge on any atom is -0.391 e. The number of nitrogens with zero attached hydrogens (tertiary/aromatic N) is 2. The fourth-order valence-corrected chi connectivity index (χ4v) is 2.67. The van der Waals surface area contributed by atoms with E-state index in [1.807, 2.05) is 32.8 Å². The number of aliphatic hydroxyl groups is 1. The molecule has 0 aromatic rings. The third-order valence-electron chi connectivity index (χ3n) is 3.54. The maximum Gasteiger partial charge on any atom is 0.245 e. The molecule has 0 radical (unpaired) electrons. The summed E-state index contributed by atoms with van der Waals surface area (Å²) in [5.74, 6) is -0.288. The molecule has 6 nitrogen and oxygen atoms in total. The van der Waals surface area contributed by atoms with Gasteiger partial charge in [0.2, 0.25) is 11.8 Å². The van der Waals surface area contributed by atoms with Crippen LogP contribution >= 0.6 is 0 Å². The van der Waals surface area contributed by atoms with E-state index in [2.05, 4.69) is 5.32 Å². The van der Waals surface area contributed by atoms with Crippen molar-refractivity contribution in [2.24, 2.45) is 5.92 Å². The number of rotatable bonds is 5. The van der Waals surface area contributed by atoms with Gasteiger partial charge < -0.3 is 20.2 Å². The van der Waals surface area contributed by atoms with Crippen molar-refractivity contribution in [3.8, 4) is 0 Å². The second-order valence-electron chi connectivity index (χ2n) is 6.22. The number of aliphatic hydroxyl groups excluding tert-OH is 1. The highest BCUT2D eigenvalue weighted by Crippen LogP contribution is 2.21. The highest BCUT2D eigenvalue weighted by Gasteiger charge is 2.38. The first kappa shape index (κ1) is 16.9. The Hall–Kier alpha value is -1.14. The van der Waals surface area contributed by atoms with Crippen LogP contribution < -0.4 is 5.32 Å². The number of hydrogen-bond acceptors (Lipinski definition) is 4. The van der Waals surface area contributed by atoms with Crippen LogP contribution in [0.25, 0.3) is 0 Å². The van der Waals surface area contributed by atoms with Crippen LogP contribution in [0.2, 0.25) is 0 Å². The molecule has 3 unspecified atom stereocenters. The molecule has 20 heavy (non-hydrogen) atoms. The van der Waals surface area contributed by atoms with Crippen LogP contribution in [-0.2, 0) is 9.59 Å². The molecule has 0 aromatic heterocycles. The van der Waals surface area contributed by atoms with E-state index in [1.165, 1.54) is 6.92 Å². The minimum absolute atomic E-state index is 0.00232. The van der Waals surface area contributed by atoms with E-state index < -0.39 is 12.1 Å². The Balaban J connectivity index is 2.82. The van der Waals surface area contributed by atoms with E-state index in [0.717, 1.165) is 0 Å². The van der Waals surface area contributed by atoms with Crippen molar-refractivity contribution in [3.63, 3.8) is 0 Å². The monoisotopic (exact) mass is 285 g/mol. The summed E-state index contributed by atoms with van der Waals surface area (Å²) >= 11 is 0. The molecule has 1 saturated heterocycles. The molecule has 0 bridgehead atoms. The molecule has 0 saturated carbocycles. The number of likely N-dealkylation sites (N-methyl/N-ethyl adjacent to an activating group) is 1. The van der Waals surface area contributed by atoms with Crippen LogP contribution in [0.15, 0.2) is 0 Å². The molecule has 0 aromatic carbocycles. The molecule has 1 fully saturated rings. The van der Waals surface area contributed by atoms with Crippen LogP contribution in [0.4, 0.5) is 0 Å². The summed E-state index contributed by atoms with van der Waals surface area (Å²) < 4.78 is 0. The Morgan fingerprint density at radius 3 is 2.45 bits per heavy atom. The van der Waals surface area contributed by atoms with E-state index in [4.69, 9.17) is 0 Å².